The molecule has 4 heteroatoms. The van der Waals surface area contributed by atoms with E-state index in [1.54, 1.807) is 5.57 Å². The fraction of sp³-hybridized carbons (Fsp3) is 0.821. The number of aliphatic hydroxyl groups is 1. The van der Waals surface area contributed by atoms with Crippen molar-refractivity contribution in [3.05, 3.63) is 11.6 Å². The first-order valence-electron chi connectivity index (χ1n) is 13.2. The fourth-order valence-corrected chi connectivity index (χ4v) is 8.38. The van der Waals surface area contributed by atoms with E-state index in [2.05, 4.69) is 35.9 Å². The van der Waals surface area contributed by atoms with E-state index < -0.39 is 5.60 Å². The summed E-state index contributed by atoms with van der Waals surface area (Å²) < 4.78 is 0. The lowest BCUT2D eigenvalue weighted by atomic mass is 9.46. The molecule has 1 saturated heterocycles. The van der Waals surface area contributed by atoms with Crippen LogP contribution in [-0.4, -0.2) is 47.6 Å². The van der Waals surface area contributed by atoms with Crippen LogP contribution in [0, 0.1) is 40.9 Å². The number of oxime groups is 1. The van der Waals surface area contributed by atoms with Crippen molar-refractivity contribution in [2.24, 2.45) is 33.7 Å². The maximum Gasteiger partial charge on any atom is 0.130 e. The molecule has 0 unspecified atom stereocenters. The molecule has 4 aliphatic carbocycles. The minimum atomic E-state index is -0.905. The van der Waals surface area contributed by atoms with Crippen molar-refractivity contribution in [3.63, 3.8) is 0 Å². The summed E-state index contributed by atoms with van der Waals surface area (Å²) in [6.45, 7) is 8.91. The summed E-state index contributed by atoms with van der Waals surface area (Å²) in [7, 11) is 0. The van der Waals surface area contributed by atoms with E-state index in [9.17, 15) is 5.11 Å². The number of piperidine rings is 1. The molecule has 0 aromatic rings. The van der Waals surface area contributed by atoms with Gasteiger partial charge < -0.3 is 9.94 Å². The van der Waals surface area contributed by atoms with Crippen molar-refractivity contribution in [2.75, 3.05) is 26.2 Å². The molecule has 32 heavy (non-hydrogen) atoms. The third-order valence-electron chi connectivity index (χ3n) is 10.5. The Kier molecular flexibility index (Phi) is 5.96. The summed E-state index contributed by atoms with van der Waals surface area (Å²) in [5.41, 5.74) is 1.99. The highest BCUT2D eigenvalue weighted by Crippen LogP contribution is 2.67. The van der Waals surface area contributed by atoms with Gasteiger partial charge in [0, 0.05) is 12.0 Å². The third-order valence-corrected chi connectivity index (χ3v) is 10.5. The van der Waals surface area contributed by atoms with E-state index >= 15 is 0 Å². The first-order valence-corrected chi connectivity index (χ1v) is 13.2. The zero-order valence-corrected chi connectivity index (χ0v) is 20.2. The number of terminal acetylenes is 1. The highest BCUT2D eigenvalue weighted by atomic mass is 16.6. The molecule has 4 fully saturated rings. The Hall–Kier alpha value is -1.31. The van der Waals surface area contributed by atoms with Crippen molar-refractivity contribution in [2.45, 2.75) is 90.1 Å². The van der Waals surface area contributed by atoms with E-state index in [1.807, 2.05) is 0 Å². The Morgan fingerprint density at radius 1 is 1.09 bits per heavy atom. The van der Waals surface area contributed by atoms with E-state index in [0.29, 0.717) is 24.4 Å². The van der Waals surface area contributed by atoms with Crippen LogP contribution in [0.5, 0.6) is 0 Å². The van der Waals surface area contributed by atoms with Crippen LogP contribution in [0.2, 0.25) is 0 Å². The molecule has 3 saturated carbocycles. The fourth-order valence-electron chi connectivity index (χ4n) is 8.38. The standard InChI is InChI=1S/C28H42N2O2/c1-4-28(31)15-12-25-23-9-8-21-20-22(29-32-19-18-30-16-6-5-7-17-30)10-13-26(21,2)24(23)11-14-27(25,28)3/h1,20,23-25,31H,5-19H2,2-3H3/t23-,24+,25+,26+,27+,28+/m1/s1. The minimum absolute atomic E-state index is 0.107. The molecule has 176 valence electrons. The van der Waals surface area contributed by atoms with Gasteiger partial charge in [0.1, 0.15) is 12.2 Å². The van der Waals surface area contributed by atoms with Gasteiger partial charge in [0.15, 0.2) is 0 Å². The molecule has 1 heterocycles. The number of allylic oxidation sites excluding steroid dienone is 2. The Morgan fingerprint density at radius 3 is 2.66 bits per heavy atom. The van der Waals surface area contributed by atoms with Gasteiger partial charge in [0.05, 0.1) is 5.71 Å². The van der Waals surface area contributed by atoms with Gasteiger partial charge in [-0.15, -0.1) is 6.42 Å². The number of rotatable bonds is 4. The zero-order valence-electron chi connectivity index (χ0n) is 20.2. The number of nitrogens with zero attached hydrogens (tertiary/aromatic N) is 2. The number of fused-ring (bicyclic) bond motifs is 5. The molecule has 0 amide bonds. The quantitative estimate of drug-likeness (QED) is 0.374. The molecule has 1 aliphatic heterocycles. The summed E-state index contributed by atoms with van der Waals surface area (Å²) in [6.07, 6.45) is 20.9. The maximum absolute atomic E-state index is 11.2. The lowest BCUT2D eigenvalue weighted by Crippen LogP contribution is -2.54. The second-order valence-electron chi connectivity index (χ2n) is 11.8. The average Bonchev–Trinajstić information content (AvgIpc) is 3.09. The third kappa shape index (κ3) is 3.55. The number of hydrogen-bond donors (Lipinski definition) is 1. The van der Waals surface area contributed by atoms with Crippen molar-refractivity contribution in [1.29, 1.82) is 0 Å². The summed E-state index contributed by atoms with van der Waals surface area (Å²) in [5, 5.41) is 15.7. The monoisotopic (exact) mass is 438 g/mol. The van der Waals surface area contributed by atoms with Crippen LogP contribution in [0.1, 0.15) is 84.5 Å². The largest absolute Gasteiger partial charge is 0.394 e. The van der Waals surface area contributed by atoms with E-state index in [0.717, 1.165) is 44.4 Å². The number of likely N-dealkylation sites (tertiary alicyclic amines) is 1. The van der Waals surface area contributed by atoms with Gasteiger partial charge in [0.25, 0.3) is 0 Å². The highest BCUT2D eigenvalue weighted by molar-refractivity contribution is 5.96. The molecular formula is C28H42N2O2. The van der Waals surface area contributed by atoms with E-state index in [-0.39, 0.29) is 10.8 Å². The molecule has 0 aromatic carbocycles. The molecular weight excluding hydrogens is 396 g/mol. The SMILES string of the molecule is C#C[C@]1(O)CC[C@H]2[C@@H]3CCC4=CC(=NOCCN5CCCCC5)CC[C@]4(C)[C@H]3CC[C@@]21C. The Balaban J connectivity index is 1.25. The van der Waals surface area contributed by atoms with Crippen LogP contribution in [0.25, 0.3) is 0 Å². The maximum atomic E-state index is 11.2. The molecule has 6 atom stereocenters. The van der Waals surface area contributed by atoms with Gasteiger partial charge >= 0.3 is 0 Å². The van der Waals surface area contributed by atoms with Crippen molar-refractivity contribution in [3.8, 4) is 12.3 Å². The second-order valence-corrected chi connectivity index (χ2v) is 11.8. The second kappa shape index (κ2) is 8.48. The zero-order chi connectivity index (χ0) is 22.4. The predicted octanol–water partition coefficient (Wildman–Crippen LogP) is 5.17. The van der Waals surface area contributed by atoms with Gasteiger partial charge in [-0.25, -0.2) is 0 Å². The average molecular weight is 439 g/mol. The van der Waals surface area contributed by atoms with Crippen LogP contribution < -0.4 is 0 Å². The Bertz CT molecular complexity index is 822. The summed E-state index contributed by atoms with van der Waals surface area (Å²) >= 11 is 0. The van der Waals surface area contributed by atoms with Gasteiger partial charge in [-0.05, 0) is 107 Å². The molecule has 5 aliphatic rings. The Morgan fingerprint density at radius 2 is 1.88 bits per heavy atom. The van der Waals surface area contributed by atoms with Gasteiger partial charge in [0.2, 0.25) is 0 Å². The smallest absolute Gasteiger partial charge is 0.130 e. The van der Waals surface area contributed by atoms with Crippen LogP contribution in [-0.2, 0) is 4.84 Å². The van der Waals surface area contributed by atoms with Gasteiger partial charge in [-0.3, -0.25) is 4.90 Å². The topological polar surface area (TPSA) is 45.1 Å². The minimum Gasteiger partial charge on any atom is -0.394 e. The lowest BCUT2D eigenvalue weighted by Gasteiger charge is -2.58. The molecule has 0 radical (unpaired) electrons. The van der Waals surface area contributed by atoms with Crippen LogP contribution in [0.15, 0.2) is 16.8 Å². The van der Waals surface area contributed by atoms with Crippen LogP contribution in [0.3, 0.4) is 0 Å². The molecule has 0 aromatic heterocycles. The van der Waals surface area contributed by atoms with Gasteiger partial charge in [-0.2, -0.15) is 0 Å². The molecule has 5 rings (SSSR count). The molecule has 4 nitrogen and oxygen atoms in total. The normalized spacial score (nSPS) is 45.4. The first kappa shape index (κ1) is 22.5. The Labute approximate surface area is 194 Å². The van der Waals surface area contributed by atoms with E-state index in [1.165, 1.54) is 51.6 Å². The van der Waals surface area contributed by atoms with Gasteiger partial charge in [-0.1, -0.05) is 36.9 Å². The predicted molar refractivity (Wildman–Crippen MR) is 129 cm³/mol. The van der Waals surface area contributed by atoms with Crippen LogP contribution in [0.4, 0.5) is 0 Å². The summed E-state index contributed by atoms with van der Waals surface area (Å²) in [4.78, 5) is 8.26. The highest BCUT2D eigenvalue weighted by Gasteiger charge is 2.63. The lowest BCUT2D eigenvalue weighted by molar-refractivity contribution is -0.0987. The molecule has 1 N–H and O–H groups in total. The molecule has 0 spiro atoms. The summed E-state index contributed by atoms with van der Waals surface area (Å²) in [5.74, 6) is 4.77. The van der Waals surface area contributed by atoms with Crippen LogP contribution >= 0.6 is 0 Å². The van der Waals surface area contributed by atoms with Crippen molar-refractivity contribution < 1.29 is 9.94 Å². The summed E-state index contributed by atoms with van der Waals surface area (Å²) in [6, 6.07) is 0. The van der Waals surface area contributed by atoms with Crippen molar-refractivity contribution in [1.82, 2.24) is 4.90 Å². The van der Waals surface area contributed by atoms with Crippen molar-refractivity contribution >= 4 is 5.71 Å². The first-order chi connectivity index (χ1) is 15.4. The van der Waals surface area contributed by atoms with E-state index in [4.69, 9.17) is 11.3 Å². The number of hydrogen-bond acceptors (Lipinski definition) is 4. The molecule has 0 bridgehead atoms.